The SMILES string of the molecule is CCn1c2ccccc2c2cc(C=O)ccc21.CN(N)c1ccccc1. The van der Waals surface area contributed by atoms with Crippen molar-refractivity contribution >= 4 is 33.8 Å². The topological polar surface area (TPSA) is 51.3 Å². The van der Waals surface area contributed by atoms with Crippen LogP contribution in [-0.2, 0) is 6.54 Å². The average Bonchev–Trinajstić information content (AvgIpc) is 3.02. The zero-order valence-corrected chi connectivity index (χ0v) is 15.1. The van der Waals surface area contributed by atoms with Crippen LogP contribution in [0, 0.1) is 0 Å². The smallest absolute Gasteiger partial charge is 0.150 e. The molecule has 0 spiro atoms. The van der Waals surface area contributed by atoms with Crippen LogP contribution in [0.25, 0.3) is 21.8 Å². The number of anilines is 1. The molecule has 3 aromatic carbocycles. The number of hydrazine groups is 1. The molecule has 0 atom stereocenters. The molecule has 1 heterocycles. The molecule has 0 saturated heterocycles. The van der Waals surface area contributed by atoms with Gasteiger partial charge in [0.05, 0.1) is 5.69 Å². The van der Waals surface area contributed by atoms with Crippen LogP contribution in [0.5, 0.6) is 0 Å². The molecular weight excluding hydrogens is 322 g/mol. The van der Waals surface area contributed by atoms with E-state index in [0.29, 0.717) is 0 Å². The molecule has 0 radical (unpaired) electrons. The van der Waals surface area contributed by atoms with Crippen molar-refractivity contribution in [2.75, 3.05) is 12.1 Å². The lowest BCUT2D eigenvalue weighted by Crippen LogP contribution is -2.24. The maximum Gasteiger partial charge on any atom is 0.150 e. The second-order valence-electron chi connectivity index (χ2n) is 6.10. The molecule has 0 unspecified atom stereocenters. The van der Waals surface area contributed by atoms with Gasteiger partial charge < -0.3 is 9.58 Å². The number of hydrogen-bond donors (Lipinski definition) is 1. The molecule has 132 valence electrons. The van der Waals surface area contributed by atoms with Gasteiger partial charge in [-0.05, 0) is 43.3 Å². The molecule has 26 heavy (non-hydrogen) atoms. The molecule has 4 aromatic rings. The van der Waals surface area contributed by atoms with E-state index in [0.717, 1.165) is 29.5 Å². The van der Waals surface area contributed by atoms with E-state index in [1.54, 1.807) is 5.01 Å². The largest absolute Gasteiger partial charge is 0.341 e. The Kier molecular flexibility index (Phi) is 5.34. The summed E-state index contributed by atoms with van der Waals surface area (Å²) in [5, 5.41) is 3.96. The van der Waals surface area contributed by atoms with Crippen LogP contribution in [0.2, 0.25) is 0 Å². The van der Waals surface area contributed by atoms with Crippen LogP contribution in [0.1, 0.15) is 17.3 Å². The molecule has 0 aliphatic rings. The zero-order chi connectivity index (χ0) is 18.5. The number of nitrogens with zero attached hydrogens (tertiary/aromatic N) is 2. The van der Waals surface area contributed by atoms with Gasteiger partial charge >= 0.3 is 0 Å². The number of aldehydes is 1. The first-order valence-electron chi connectivity index (χ1n) is 8.65. The van der Waals surface area contributed by atoms with Gasteiger partial charge in [0, 0.05) is 41.0 Å². The predicted octanol–water partition coefficient (Wildman–Crippen LogP) is 4.62. The Balaban J connectivity index is 0.000000185. The van der Waals surface area contributed by atoms with E-state index < -0.39 is 0 Å². The number of rotatable bonds is 3. The summed E-state index contributed by atoms with van der Waals surface area (Å²) in [6.07, 6.45) is 0.900. The Morgan fingerprint density at radius 3 is 2.19 bits per heavy atom. The van der Waals surface area contributed by atoms with E-state index in [4.69, 9.17) is 5.84 Å². The van der Waals surface area contributed by atoms with E-state index in [2.05, 4.69) is 23.6 Å². The van der Waals surface area contributed by atoms with Crippen molar-refractivity contribution in [3.63, 3.8) is 0 Å². The summed E-state index contributed by atoms with van der Waals surface area (Å²) in [5.74, 6) is 5.45. The Labute approximate surface area is 153 Å². The number of fused-ring (bicyclic) bond motifs is 3. The highest BCUT2D eigenvalue weighted by Crippen LogP contribution is 2.29. The van der Waals surface area contributed by atoms with E-state index >= 15 is 0 Å². The number of aromatic nitrogens is 1. The van der Waals surface area contributed by atoms with Crippen molar-refractivity contribution in [3.05, 3.63) is 78.4 Å². The van der Waals surface area contributed by atoms with Crippen LogP contribution in [0.3, 0.4) is 0 Å². The molecular formula is C22H23N3O. The summed E-state index contributed by atoms with van der Waals surface area (Å²) >= 11 is 0. The van der Waals surface area contributed by atoms with E-state index in [1.807, 2.05) is 67.7 Å². The normalized spacial score (nSPS) is 10.4. The lowest BCUT2D eigenvalue weighted by atomic mass is 10.1. The summed E-state index contributed by atoms with van der Waals surface area (Å²) in [6, 6.07) is 24.0. The molecule has 4 heteroatoms. The van der Waals surface area contributed by atoms with E-state index in [-0.39, 0.29) is 0 Å². The number of carbonyl (C=O) groups excluding carboxylic acids is 1. The Morgan fingerprint density at radius 2 is 1.58 bits per heavy atom. The second kappa shape index (κ2) is 7.85. The number of hydrogen-bond acceptors (Lipinski definition) is 3. The molecule has 1 aromatic heterocycles. The molecule has 2 N–H and O–H groups in total. The number of nitrogens with two attached hydrogens (primary N) is 1. The van der Waals surface area contributed by atoms with Crippen LogP contribution in [0.15, 0.2) is 72.8 Å². The van der Waals surface area contributed by atoms with Crippen molar-refractivity contribution < 1.29 is 4.79 Å². The van der Waals surface area contributed by atoms with Gasteiger partial charge in [-0.25, -0.2) is 5.84 Å². The number of carbonyl (C=O) groups is 1. The Hall–Kier alpha value is -3.11. The standard InChI is InChI=1S/C15H13NO.C7H10N2/c1-2-16-14-6-4-3-5-12(14)13-9-11(10-17)7-8-15(13)16;1-9(8)7-5-3-2-4-6-7/h3-10H,2H2,1H3;2-6H,8H2,1H3. The van der Waals surface area contributed by atoms with Gasteiger partial charge in [-0.2, -0.15) is 0 Å². The molecule has 0 fully saturated rings. The number of aryl methyl sites for hydroxylation is 1. The number of benzene rings is 3. The predicted molar refractivity (Wildman–Crippen MR) is 110 cm³/mol. The highest BCUT2D eigenvalue weighted by atomic mass is 16.1. The second-order valence-corrected chi connectivity index (χ2v) is 6.10. The summed E-state index contributed by atoms with van der Waals surface area (Å²) in [4.78, 5) is 10.9. The van der Waals surface area contributed by atoms with Crippen molar-refractivity contribution in [2.45, 2.75) is 13.5 Å². The van der Waals surface area contributed by atoms with Crippen LogP contribution >= 0.6 is 0 Å². The van der Waals surface area contributed by atoms with Gasteiger partial charge in [-0.3, -0.25) is 4.79 Å². The van der Waals surface area contributed by atoms with Crippen molar-refractivity contribution in [2.24, 2.45) is 5.84 Å². The van der Waals surface area contributed by atoms with Gasteiger partial charge in [-0.15, -0.1) is 0 Å². The van der Waals surface area contributed by atoms with Crippen LogP contribution < -0.4 is 10.9 Å². The van der Waals surface area contributed by atoms with Crippen LogP contribution in [-0.4, -0.2) is 17.9 Å². The first-order chi connectivity index (χ1) is 12.7. The third-order valence-corrected chi connectivity index (χ3v) is 4.41. The maximum atomic E-state index is 10.9. The molecule has 4 rings (SSSR count). The van der Waals surface area contributed by atoms with Gasteiger partial charge in [0.2, 0.25) is 0 Å². The van der Waals surface area contributed by atoms with E-state index in [1.165, 1.54) is 16.4 Å². The summed E-state index contributed by atoms with van der Waals surface area (Å²) in [5.41, 5.74) is 4.18. The summed E-state index contributed by atoms with van der Waals surface area (Å²) in [6.45, 7) is 3.07. The summed E-state index contributed by atoms with van der Waals surface area (Å²) < 4.78 is 2.28. The molecule has 0 aliphatic carbocycles. The minimum absolute atomic E-state index is 0.733. The highest BCUT2D eigenvalue weighted by molar-refractivity contribution is 6.09. The lowest BCUT2D eigenvalue weighted by molar-refractivity contribution is 0.112. The van der Waals surface area contributed by atoms with Crippen LogP contribution in [0.4, 0.5) is 5.69 Å². The fourth-order valence-corrected chi connectivity index (χ4v) is 3.15. The molecule has 0 amide bonds. The third-order valence-electron chi connectivity index (χ3n) is 4.41. The Bertz CT molecular complexity index is 1020. The zero-order valence-electron chi connectivity index (χ0n) is 15.1. The van der Waals surface area contributed by atoms with Gasteiger partial charge in [0.15, 0.2) is 0 Å². The molecule has 4 nitrogen and oxygen atoms in total. The van der Waals surface area contributed by atoms with Gasteiger partial charge in [0.25, 0.3) is 0 Å². The Morgan fingerprint density at radius 1 is 0.923 bits per heavy atom. The van der Waals surface area contributed by atoms with E-state index in [9.17, 15) is 4.79 Å². The average molecular weight is 345 g/mol. The van der Waals surface area contributed by atoms with Crippen molar-refractivity contribution in [1.82, 2.24) is 4.57 Å². The highest BCUT2D eigenvalue weighted by Gasteiger charge is 2.08. The van der Waals surface area contributed by atoms with Crippen molar-refractivity contribution in [1.29, 1.82) is 0 Å². The monoisotopic (exact) mass is 345 g/mol. The van der Waals surface area contributed by atoms with Gasteiger partial charge in [0.1, 0.15) is 6.29 Å². The number of para-hydroxylation sites is 2. The first kappa shape index (κ1) is 17.7. The first-order valence-corrected chi connectivity index (χ1v) is 8.65. The fourth-order valence-electron chi connectivity index (χ4n) is 3.15. The molecule has 0 aliphatic heterocycles. The molecule has 0 bridgehead atoms. The van der Waals surface area contributed by atoms with Crippen molar-refractivity contribution in [3.8, 4) is 0 Å². The summed E-state index contributed by atoms with van der Waals surface area (Å²) in [7, 11) is 1.81. The molecule has 0 saturated carbocycles. The third kappa shape index (κ3) is 3.46. The van der Waals surface area contributed by atoms with Gasteiger partial charge in [-0.1, -0.05) is 36.4 Å². The quantitative estimate of drug-likeness (QED) is 0.335. The minimum Gasteiger partial charge on any atom is -0.341 e. The maximum absolute atomic E-state index is 10.9. The lowest BCUT2D eigenvalue weighted by Gasteiger charge is -2.09. The fraction of sp³-hybridized carbons (Fsp3) is 0.136. The minimum atomic E-state index is 0.733.